The fourth-order valence-electron chi connectivity index (χ4n) is 2.45. The van der Waals surface area contributed by atoms with Crippen LogP contribution in [0.3, 0.4) is 0 Å². The van der Waals surface area contributed by atoms with Gasteiger partial charge in [-0.3, -0.25) is 4.79 Å². The van der Waals surface area contributed by atoms with Crippen molar-refractivity contribution in [3.05, 3.63) is 70.5 Å². The molecule has 2 N–H and O–H groups in total. The Kier molecular flexibility index (Phi) is 6.13. The van der Waals surface area contributed by atoms with Gasteiger partial charge in [-0.1, -0.05) is 48.0 Å². The van der Waals surface area contributed by atoms with E-state index >= 15 is 0 Å². The van der Waals surface area contributed by atoms with Crippen LogP contribution in [0, 0.1) is 5.82 Å². The summed E-state index contributed by atoms with van der Waals surface area (Å²) >= 11 is 5.99. The smallest absolute Gasteiger partial charge is 0.225 e. The van der Waals surface area contributed by atoms with E-state index in [1.165, 1.54) is 17.0 Å². The number of nitrogens with one attached hydrogen (secondary N) is 2. The lowest BCUT2D eigenvalue weighted by Gasteiger charge is -2.21. The monoisotopic (exact) mass is 335 g/mol. The molecule has 1 amide bonds. The third kappa shape index (κ3) is 5.05. The van der Waals surface area contributed by atoms with E-state index in [-0.39, 0.29) is 29.0 Å². The fraction of sp³-hybridized carbons (Fsp3) is 0.278. The molecule has 1 atom stereocenters. The first-order chi connectivity index (χ1) is 11.0. The van der Waals surface area contributed by atoms with Crippen molar-refractivity contribution in [1.82, 2.24) is 5.32 Å². The number of likely N-dealkylation sites (N-methyl/N-ethyl adjacent to an activating group) is 1. The number of quaternary nitrogens is 1. The molecule has 0 fully saturated rings. The molecule has 0 radical (unpaired) electrons. The number of benzene rings is 2. The summed E-state index contributed by atoms with van der Waals surface area (Å²) in [4.78, 5) is 13.5. The summed E-state index contributed by atoms with van der Waals surface area (Å²) in [6, 6.07) is 14.1. The Labute approximate surface area is 141 Å². The van der Waals surface area contributed by atoms with Gasteiger partial charge in [-0.15, -0.1) is 0 Å². The topological polar surface area (TPSA) is 33.5 Å². The highest BCUT2D eigenvalue weighted by atomic mass is 35.5. The second kappa shape index (κ2) is 8.09. The number of rotatable bonds is 6. The van der Waals surface area contributed by atoms with Gasteiger partial charge >= 0.3 is 0 Å². The summed E-state index contributed by atoms with van der Waals surface area (Å²) in [5.74, 6) is -0.700. The highest BCUT2D eigenvalue weighted by Crippen LogP contribution is 2.20. The lowest BCUT2D eigenvalue weighted by atomic mass is 10.1. The number of amides is 1. The van der Waals surface area contributed by atoms with Gasteiger partial charge in [0.1, 0.15) is 18.4 Å². The molecule has 0 aliphatic carbocycles. The average Bonchev–Trinajstić information content (AvgIpc) is 2.51. The van der Waals surface area contributed by atoms with Crippen molar-refractivity contribution in [3.63, 3.8) is 0 Å². The van der Waals surface area contributed by atoms with Crippen LogP contribution < -0.4 is 10.2 Å². The van der Waals surface area contributed by atoms with Crippen LogP contribution in [-0.4, -0.2) is 26.5 Å². The lowest BCUT2D eigenvalue weighted by molar-refractivity contribution is -0.860. The molecule has 122 valence electrons. The van der Waals surface area contributed by atoms with E-state index < -0.39 is 5.82 Å². The molecule has 0 saturated carbocycles. The highest BCUT2D eigenvalue weighted by Gasteiger charge is 2.19. The zero-order chi connectivity index (χ0) is 16.8. The fourth-order valence-corrected chi connectivity index (χ4v) is 2.68. The van der Waals surface area contributed by atoms with Crippen LogP contribution in [0.4, 0.5) is 4.39 Å². The molecule has 23 heavy (non-hydrogen) atoms. The average molecular weight is 336 g/mol. The van der Waals surface area contributed by atoms with E-state index in [2.05, 4.69) is 5.32 Å². The van der Waals surface area contributed by atoms with Gasteiger partial charge < -0.3 is 10.2 Å². The maximum absolute atomic E-state index is 13.8. The summed E-state index contributed by atoms with van der Waals surface area (Å²) < 4.78 is 13.8. The molecule has 2 aromatic rings. The third-order valence-corrected chi connectivity index (χ3v) is 3.90. The van der Waals surface area contributed by atoms with Crippen molar-refractivity contribution in [1.29, 1.82) is 0 Å². The molecular formula is C18H21ClFN2O+. The van der Waals surface area contributed by atoms with Crippen LogP contribution in [0.25, 0.3) is 0 Å². The van der Waals surface area contributed by atoms with E-state index in [1.807, 2.05) is 44.4 Å². The third-order valence-electron chi connectivity index (χ3n) is 3.55. The predicted molar refractivity (Wildman–Crippen MR) is 90.1 cm³/mol. The summed E-state index contributed by atoms with van der Waals surface area (Å²) in [7, 11) is 4.05. The largest absolute Gasteiger partial charge is 0.343 e. The number of hydrogen-bond donors (Lipinski definition) is 2. The van der Waals surface area contributed by atoms with E-state index in [1.54, 1.807) is 6.07 Å². The maximum atomic E-state index is 13.8. The zero-order valence-electron chi connectivity index (χ0n) is 13.3. The number of halogens is 2. The minimum Gasteiger partial charge on any atom is -0.343 e. The Morgan fingerprint density at radius 2 is 1.87 bits per heavy atom. The second-order valence-corrected chi connectivity index (χ2v) is 6.23. The van der Waals surface area contributed by atoms with Crippen molar-refractivity contribution in [2.24, 2.45) is 0 Å². The molecule has 3 nitrogen and oxygen atoms in total. The van der Waals surface area contributed by atoms with Crippen molar-refractivity contribution >= 4 is 17.5 Å². The molecule has 0 aromatic heterocycles. The first-order valence-corrected chi connectivity index (χ1v) is 7.91. The van der Waals surface area contributed by atoms with Crippen LogP contribution in [-0.2, 0) is 11.2 Å². The van der Waals surface area contributed by atoms with Gasteiger partial charge in [-0.05, 0) is 17.7 Å². The Morgan fingerprint density at radius 3 is 2.48 bits per heavy atom. The van der Waals surface area contributed by atoms with Gasteiger partial charge in [-0.2, -0.15) is 0 Å². The summed E-state index contributed by atoms with van der Waals surface area (Å²) in [5, 5.41) is 3.26. The van der Waals surface area contributed by atoms with E-state index in [0.717, 1.165) is 12.1 Å². The number of hydrogen-bond acceptors (Lipinski definition) is 1. The van der Waals surface area contributed by atoms with Crippen molar-refractivity contribution in [2.75, 3.05) is 20.6 Å². The zero-order valence-corrected chi connectivity index (χ0v) is 14.0. The molecular weight excluding hydrogens is 315 g/mol. The predicted octanol–water partition coefficient (Wildman–Crippen LogP) is 2.02. The SMILES string of the molecule is C[NH+](C)C[C@H](NC(=O)Cc1c(F)cccc1Cl)c1ccccc1. The Balaban J connectivity index is 2.12. The van der Waals surface area contributed by atoms with Crippen molar-refractivity contribution in [2.45, 2.75) is 12.5 Å². The van der Waals surface area contributed by atoms with Crippen LogP contribution in [0.1, 0.15) is 17.2 Å². The molecule has 2 rings (SSSR count). The Bertz CT molecular complexity index is 641. The quantitative estimate of drug-likeness (QED) is 0.832. The van der Waals surface area contributed by atoms with Crippen LogP contribution in [0.5, 0.6) is 0 Å². The van der Waals surface area contributed by atoms with Gasteiger partial charge in [0.2, 0.25) is 5.91 Å². The lowest BCUT2D eigenvalue weighted by Crippen LogP contribution is -3.06. The maximum Gasteiger partial charge on any atom is 0.225 e. The minimum atomic E-state index is -0.456. The number of carbonyl (C=O) groups is 1. The van der Waals surface area contributed by atoms with Crippen LogP contribution in [0.15, 0.2) is 48.5 Å². The molecule has 0 bridgehead atoms. The molecule has 0 heterocycles. The van der Waals surface area contributed by atoms with Crippen molar-refractivity contribution < 1.29 is 14.1 Å². The minimum absolute atomic E-state index is 0.0718. The standard InChI is InChI=1S/C18H20ClFN2O/c1-22(2)12-17(13-7-4-3-5-8-13)21-18(23)11-14-15(19)9-6-10-16(14)20/h3-10,17H,11-12H2,1-2H3,(H,21,23)/p+1/t17-/m0/s1. The Morgan fingerprint density at radius 1 is 1.17 bits per heavy atom. The molecule has 0 aliphatic heterocycles. The van der Waals surface area contributed by atoms with Crippen LogP contribution >= 0.6 is 11.6 Å². The van der Waals surface area contributed by atoms with Gasteiger partial charge in [0, 0.05) is 10.6 Å². The van der Waals surface area contributed by atoms with E-state index in [9.17, 15) is 9.18 Å². The molecule has 0 unspecified atom stereocenters. The van der Waals surface area contributed by atoms with Gasteiger partial charge in [-0.25, -0.2) is 4.39 Å². The molecule has 5 heteroatoms. The highest BCUT2D eigenvalue weighted by molar-refractivity contribution is 6.31. The first-order valence-electron chi connectivity index (χ1n) is 7.53. The van der Waals surface area contributed by atoms with Gasteiger partial charge in [0.15, 0.2) is 0 Å². The van der Waals surface area contributed by atoms with Gasteiger partial charge in [0.05, 0.1) is 20.5 Å². The number of carbonyl (C=O) groups excluding carboxylic acids is 1. The first kappa shape index (κ1) is 17.4. The van der Waals surface area contributed by atoms with Crippen LogP contribution in [0.2, 0.25) is 5.02 Å². The molecule has 0 saturated heterocycles. The van der Waals surface area contributed by atoms with E-state index in [0.29, 0.717) is 0 Å². The van der Waals surface area contributed by atoms with Crippen molar-refractivity contribution in [3.8, 4) is 0 Å². The molecule has 0 spiro atoms. The second-order valence-electron chi connectivity index (χ2n) is 5.82. The molecule has 0 aliphatic rings. The summed E-state index contributed by atoms with van der Waals surface area (Å²) in [6.07, 6.45) is -0.0718. The molecule has 2 aromatic carbocycles. The summed E-state index contributed by atoms with van der Waals surface area (Å²) in [6.45, 7) is 0.737. The normalized spacial score (nSPS) is 12.2. The summed E-state index contributed by atoms with van der Waals surface area (Å²) in [5.41, 5.74) is 1.26. The van der Waals surface area contributed by atoms with E-state index in [4.69, 9.17) is 11.6 Å². The Hall–Kier alpha value is -1.91. The van der Waals surface area contributed by atoms with Gasteiger partial charge in [0.25, 0.3) is 0 Å².